The summed E-state index contributed by atoms with van der Waals surface area (Å²) in [7, 11) is -0.636. The average Bonchev–Trinajstić information content (AvgIpc) is 2.14. The number of aliphatic carboxylic acids is 1. The van der Waals surface area contributed by atoms with Crippen LogP contribution in [0.5, 0.6) is 0 Å². The van der Waals surface area contributed by atoms with Crippen LogP contribution in [0.3, 0.4) is 0 Å². The highest BCUT2D eigenvalue weighted by atomic mass is 31.1. The summed E-state index contributed by atoms with van der Waals surface area (Å²) in [5.74, 6) is -0.708. The second kappa shape index (κ2) is 4.76. The molecule has 0 aliphatic carbocycles. The van der Waals surface area contributed by atoms with Crippen molar-refractivity contribution in [2.45, 2.75) is 25.9 Å². The lowest BCUT2D eigenvalue weighted by Crippen LogP contribution is -2.23. The summed E-state index contributed by atoms with van der Waals surface area (Å²) in [6.07, 6.45) is 0.253. The summed E-state index contributed by atoms with van der Waals surface area (Å²) in [4.78, 5) is 10.8. The maximum atomic E-state index is 10.8. The Labute approximate surface area is 92.1 Å². The van der Waals surface area contributed by atoms with Crippen LogP contribution in [0.1, 0.15) is 20.8 Å². The van der Waals surface area contributed by atoms with E-state index < -0.39 is 13.9 Å². The van der Waals surface area contributed by atoms with Gasteiger partial charge in [0.25, 0.3) is 0 Å². The van der Waals surface area contributed by atoms with Gasteiger partial charge < -0.3 is 5.11 Å². The largest absolute Gasteiger partial charge is 0.481 e. The van der Waals surface area contributed by atoms with Gasteiger partial charge in [0.05, 0.1) is 6.16 Å². The molecule has 1 aromatic carbocycles. The van der Waals surface area contributed by atoms with Crippen LogP contribution < -0.4 is 5.30 Å². The normalized spacial score (nSPS) is 13.5. The SMILES string of the molecule is CC(C)(C)[P@@](CC(=O)O)c1ccccc1. The molecule has 3 heteroatoms. The maximum Gasteiger partial charge on any atom is 0.308 e. The Kier molecular flexibility index (Phi) is 3.87. The number of rotatable bonds is 3. The lowest BCUT2D eigenvalue weighted by molar-refractivity contribution is -0.134. The van der Waals surface area contributed by atoms with E-state index in [0.717, 1.165) is 0 Å². The van der Waals surface area contributed by atoms with Crippen molar-refractivity contribution in [2.24, 2.45) is 0 Å². The lowest BCUT2D eigenvalue weighted by Gasteiger charge is -2.30. The van der Waals surface area contributed by atoms with Crippen LogP contribution in [-0.2, 0) is 4.79 Å². The molecule has 0 heterocycles. The van der Waals surface area contributed by atoms with Crippen molar-refractivity contribution in [2.75, 3.05) is 6.16 Å². The van der Waals surface area contributed by atoms with Gasteiger partial charge in [-0.25, -0.2) is 0 Å². The van der Waals surface area contributed by atoms with E-state index in [1.54, 1.807) is 0 Å². The van der Waals surface area contributed by atoms with Crippen LogP contribution in [0, 0.1) is 0 Å². The number of benzene rings is 1. The Morgan fingerprint density at radius 1 is 1.27 bits per heavy atom. The number of hydrogen-bond donors (Lipinski definition) is 1. The monoisotopic (exact) mass is 224 g/mol. The molecule has 0 saturated heterocycles. The first-order valence-corrected chi connectivity index (χ1v) is 6.48. The fraction of sp³-hybridized carbons (Fsp3) is 0.417. The molecular weight excluding hydrogens is 207 g/mol. The highest BCUT2D eigenvalue weighted by Gasteiger charge is 2.27. The first-order valence-electron chi connectivity index (χ1n) is 4.96. The number of hydrogen-bond acceptors (Lipinski definition) is 1. The van der Waals surface area contributed by atoms with Gasteiger partial charge in [0.15, 0.2) is 0 Å². The van der Waals surface area contributed by atoms with Crippen molar-refractivity contribution in [3.05, 3.63) is 30.3 Å². The molecule has 1 rings (SSSR count). The van der Waals surface area contributed by atoms with Crippen molar-refractivity contribution in [3.8, 4) is 0 Å². The topological polar surface area (TPSA) is 37.3 Å². The predicted octanol–water partition coefficient (Wildman–Crippen LogP) is 2.68. The Bertz CT molecular complexity index is 327. The number of carbonyl (C=O) groups is 1. The zero-order valence-corrected chi connectivity index (χ0v) is 10.3. The van der Waals surface area contributed by atoms with Crippen molar-refractivity contribution < 1.29 is 9.90 Å². The number of carboxylic acids is 1. The van der Waals surface area contributed by atoms with E-state index in [9.17, 15) is 4.79 Å². The Morgan fingerprint density at radius 2 is 1.80 bits per heavy atom. The van der Waals surface area contributed by atoms with Gasteiger partial charge in [0, 0.05) is 0 Å². The molecule has 0 radical (unpaired) electrons. The highest BCUT2D eigenvalue weighted by Crippen LogP contribution is 2.47. The molecule has 15 heavy (non-hydrogen) atoms. The van der Waals surface area contributed by atoms with Gasteiger partial charge in [-0.15, -0.1) is 0 Å². The summed E-state index contributed by atoms with van der Waals surface area (Å²) >= 11 is 0. The van der Waals surface area contributed by atoms with Crippen molar-refractivity contribution in [3.63, 3.8) is 0 Å². The molecule has 1 aromatic rings. The van der Waals surface area contributed by atoms with Gasteiger partial charge in [-0.3, -0.25) is 4.79 Å². The third-order valence-corrected chi connectivity index (χ3v) is 5.30. The molecule has 0 aromatic heterocycles. The van der Waals surface area contributed by atoms with Crippen LogP contribution >= 0.6 is 7.92 Å². The first-order chi connectivity index (χ1) is 6.91. The van der Waals surface area contributed by atoms with Gasteiger partial charge >= 0.3 is 5.97 Å². The minimum absolute atomic E-state index is 0.0368. The Balaban J connectivity index is 2.97. The van der Waals surface area contributed by atoms with Crippen LogP contribution in [0.4, 0.5) is 0 Å². The Morgan fingerprint density at radius 3 is 2.20 bits per heavy atom. The van der Waals surface area contributed by atoms with Gasteiger partial charge in [-0.2, -0.15) is 0 Å². The van der Waals surface area contributed by atoms with Gasteiger partial charge in [-0.1, -0.05) is 59.0 Å². The first kappa shape index (κ1) is 12.2. The molecule has 0 spiro atoms. The van der Waals surface area contributed by atoms with E-state index in [-0.39, 0.29) is 11.3 Å². The molecule has 82 valence electrons. The molecule has 0 saturated carbocycles. The third-order valence-electron chi connectivity index (χ3n) is 2.17. The van der Waals surface area contributed by atoms with Crippen molar-refractivity contribution in [1.82, 2.24) is 0 Å². The van der Waals surface area contributed by atoms with Gasteiger partial charge in [0.2, 0.25) is 0 Å². The van der Waals surface area contributed by atoms with E-state index in [1.165, 1.54) is 5.30 Å². The zero-order chi connectivity index (χ0) is 11.5. The van der Waals surface area contributed by atoms with Crippen LogP contribution in [0.15, 0.2) is 30.3 Å². The predicted molar refractivity (Wildman–Crippen MR) is 65.3 cm³/mol. The van der Waals surface area contributed by atoms with E-state index in [1.807, 2.05) is 30.3 Å². The molecule has 1 atom stereocenters. The molecule has 2 nitrogen and oxygen atoms in total. The molecule has 0 amide bonds. The summed E-state index contributed by atoms with van der Waals surface area (Å²) in [6.45, 7) is 6.32. The maximum absolute atomic E-state index is 10.8. The molecular formula is C12H17O2P. The van der Waals surface area contributed by atoms with E-state index in [0.29, 0.717) is 0 Å². The van der Waals surface area contributed by atoms with E-state index >= 15 is 0 Å². The second-order valence-corrected chi connectivity index (χ2v) is 7.52. The molecule has 0 unspecified atom stereocenters. The smallest absolute Gasteiger partial charge is 0.308 e. The van der Waals surface area contributed by atoms with E-state index in [4.69, 9.17) is 5.11 Å². The quantitative estimate of drug-likeness (QED) is 0.801. The minimum atomic E-state index is -0.708. The zero-order valence-electron chi connectivity index (χ0n) is 9.40. The summed E-state index contributed by atoms with van der Waals surface area (Å²) in [6, 6.07) is 9.96. The van der Waals surface area contributed by atoms with E-state index in [2.05, 4.69) is 20.8 Å². The lowest BCUT2D eigenvalue weighted by atomic mass is 10.3. The fourth-order valence-electron chi connectivity index (χ4n) is 1.46. The summed E-state index contributed by atoms with van der Waals surface area (Å²) in [5, 5.41) is 10.1. The molecule has 0 bridgehead atoms. The van der Waals surface area contributed by atoms with Crippen molar-refractivity contribution in [1.29, 1.82) is 0 Å². The van der Waals surface area contributed by atoms with Crippen LogP contribution in [-0.4, -0.2) is 22.4 Å². The molecule has 1 N–H and O–H groups in total. The second-order valence-electron chi connectivity index (χ2n) is 4.49. The van der Waals surface area contributed by atoms with Crippen molar-refractivity contribution >= 4 is 19.2 Å². The minimum Gasteiger partial charge on any atom is -0.481 e. The molecule has 0 fully saturated rings. The van der Waals surface area contributed by atoms with Gasteiger partial charge in [-0.05, 0) is 10.5 Å². The summed E-state index contributed by atoms with van der Waals surface area (Å²) in [5.41, 5.74) is 0. The van der Waals surface area contributed by atoms with Crippen LogP contribution in [0.2, 0.25) is 0 Å². The van der Waals surface area contributed by atoms with Gasteiger partial charge in [0.1, 0.15) is 0 Å². The highest BCUT2D eigenvalue weighted by molar-refractivity contribution is 7.67. The average molecular weight is 224 g/mol. The van der Waals surface area contributed by atoms with Crippen LogP contribution in [0.25, 0.3) is 0 Å². The molecule has 0 aliphatic rings. The summed E-state index contributed by atoms with van der Waals surface area (Å²) < 4.78 is 0. The standard InChI is InChI=1S/C12H17O2P/c1-12(2,3)15(9-11(13)14)10-7-5-4-6-8-10/h4-8H,9H2,1-3H3,(H,13,14)/t15-/m0/s1. The Hall–Kier alpha value is -0.880. The fourth-order valence-corrected chi connectivity index (χ4v) is 3.69. The number of carboxylic acid groups (broad SMARTS) is 1. The molecule has 0 aliphatic heterocycles. The third kappa shape index (κ3) is 3.64.